The van der Waals surface area contributed by atoms with Gasteiger partial charge in [-0.1, -0.05) is 6.07 Å². The van der Waals surface area contributed by atoms with E-state index in [4.69, 9.17) is 0 Å². The molecule has 0 aliphatic heterocycles. The van der Waals surface area contributed by atoms with Crippen LogP contribution in [0, 0.1) is 18.8 Å². The lowest BCUT2D eigenvalue weighted by atomic mass is 9.49. The van der Waals surface area contributed by atoms with Crippen LogP contribution < -0.4 is 10.6 Å². The van der Waals surface area contributed by atoms with Gasteiger partial charge >= 0.3 is 0 Å². The molecule has 2 N–H and O–H groups in total. The van der Waals surface area contributed by atoms with Gasteiger partial charge in [-0.05, 0) is 93.7 Å². The van der Waals surface area contributed by atoms with Crippen LogP contribution in [-0.2, 0) is 0 Å². The maximum Gasteiger partial charge on any atom is 0.270 e. The summed E-state index contributed by atoms with van der Waals surface area (Å²) in [6, 6.07) is 13.0. The molecule has 3 aromatic rings. The minimum absolute atomic E-state index is 0.121. The fraction of sp³-hybridized carbons (Fsp3) is 0.423. The fourth-order valence-electron chi connectivity index (χ4n) is 6.91. The predicted molar refractivity (Wildman–Crippen MR) is 124 cm³/mol. The highest BCUT2D eigenvalue weighted by atomic mass is 16.2. The molecule has 2 unspecified atom stereocenters. The van der Waals surface area contributed by atoms with Crippen LogP contribution in [-0.4, -0.2) is 37.8 Å². The Kier molecular flexibility index (Phi) is 4.50. The average Bonchev–Trinajstić information content (AvgIpc) is 2.77. The lowest BCUT2D eigenvalue weighted by Crippen LogP contribution is -2.70. The number of fused-ring (bicyclic) bond motifs is 1. The van der Waals surface area contributed by atoms with Crippen LogP contribution in [0.25, 0.3) is 11.0 Å². The van der Waals surface area contributed by atoms with E-state index < -0.39 is 0 Å². The first-order chi connectivity index (χ1) is 15.9. The molecule has 0 spiro atoms. The summed E-state index contributed by atoms with van der Waals surface area (Å²) in [6.07, 6.45) is 7.47. The molecule has 2 atom stereocenters. The van der Waals surface area contributed by atoms with Crippen molar-refractivity contribution in [2.45, 2.75) is 56.5 Å². The standard InChI is InChI=1S/C26H27N5O2/c1-16-4-2-6-20(28-16)23(32)30-25-11-17-10-18(12-25)14-26(13-17,15-25)31-24(33)21-8-7-19-5-3-9-27-22(19)29-21/h2-9,17-18H,10-15H2,1H3,(H,30,32)(H,31,33). The number of hydrogen-bond donors (Lipinski definition) is 2. The Morgan fingerprint density at radius 2 is 1.52 bits per heavy atom. The van der Waals surface area contributed by atoms with E-state index in [0.29, 0.717) is 28.9 Å². The summed E-state index contributed by atoms with van der Waals surface area (Å²) in [4.78, 5) is 39.5. The van der Waals surface area contributed by atoms with Gasteiger partial charge in [-0.3, -0.25) is 9.59 Å². The minimum Gasteiger partial charge on any atom is -0.345 e. The quantitative estimate of drug-likeness (QED) is 0.645. The van der Waals surface area contributed by atoms with Gasteiger partial charge in [-0.2, -0.15) is 0 Å². The summed E-state index contributed by atoms with van der Waals surface area (Å²) in [7, 11) is 0. The second-order valence-electron chi connectivity index (χ2n) is 10.3. The fourth-order valence-corrected chi connectivity index (χ4v) is 6.91. The molecule has 33 heavy (non-hydrogen) atoms. The second-order valence-corrected chi connectivity index (χ2v) is 10.3. The molecular weight excluding hydrogens is 414 g/mol. The molecular formula is C26H27N5O2. The van der Waals surface area contributed by atoms with Crippen LogP contribution in [0.2, 0.25) is 0 Å². The summed E-state index contributed by atoms with van der Waals surface area (Å²) in [5.41, 5.74) is 1.64. The van der Waals surface area contributed by atoms with Crippen molar-refractivity contribution in [1.29, 1.82) is 0 Å². The van der Waals surface area contributed by atoms with E-state index in [1.807, 2.05) is 37.3 Å². The van der Waals surface area contributed by atoms with Crippen LogP contribution in [0.3, 0.4) is 0 Å². The number of pyridine rings is 3. The van der Waals surface area contributed by atoms with E-state index in [1.54, 1.807) is 18.3 Å². The first kappa shape index (κ1) is 20.3. The second kappa shape index (κ2) is 7.33. The number of rotatable bonds is 4. The van der Waals surface area contributed by atoms with Crippen LogP contribution in [0.4, 0.5) is 0 Å². The molecule has 4 saturated carbocycles. The number of nitrogens with one attached hydrogen (secondary N) is 2. The van der Waals surface area contributed by atoms with Gasteiger partial charge < -0.3 is 10.6 Å². The van der Waals surface area contributed by atoms with Gasteiger partial charge in [0, 0.05) is 28.4 Å². The summed E-state index contributed by atoms with van der Waals surface area (Å²) < 4.78 is 0. The topological polar surface area (TPSA) is 96.9 Å². The highest BCUT2D eigenvalue weighted by molar-refractivity contribution is 5.95. The Hall–Kier alpha value is -3.35. The molecule has 4 fully saturated rings. The van der Waals surface area contributed by atoms with E-state index in [2.05, 4.69) is 25.6 Å². The van der Waals surface area contributed by atoms with Gasteiger partial charge in [-0.25, -0.2) is 15.0 Å². The molecule has 3 aromatic heterocycles. The smallest absolute Gasteiger partial charge is 0.270 e. The Labute approximate surface area is 192 Å². The Morgan fingerprint density at radius 3 is 2.18 bits per heavy atom. The maximum absolute atomic E-state index is 13.3. The van der Waals surface area contributed by atoms with E-state index in [0.717, 1.165) is 43.2 Å². The molecule has 2 amide bonds. The number of aromatic nitrogens is 3. The Balaban J connectivity index is 1.25. The van der Waals surface area contributed by atoms with E-state index in [9.17, 15) is 9.59 Å². The van der Waals surface area contributed by atoms with Gasteiger partial charge in [-0.15, -0.1) is 0 Å². The van der Waals surface area contributed by atoms with Crippen molar-refractivity contribution in [3.8, 4) is 0 Å². The summed E-state index contributed by atoms with van der Waals surface area (Å²) >= 11 is 0. The highest BCUT2D eigenvalue weighted by Crippen LogP contribution is 2.57. The molecule has 4 aliphatic carbocycles. The van der Waals surface area contributed by atoms with Gasteiger partial charge in [0.1, 0.15) is 11.4 Å². The van der Waals surface area contributed by atoms with Crippen LogP contribution in [0.15, 0.2) is 48.7 Å². The lowest BCUT2D eigenvalue weighted by molar-refractivity contribution is -0.0449. The van der Waals surface area contributed by atoms with Gasteiger partial charge in [0.05, 0.1) is 0 Å². The molecule has 4 bridgehead atoms. The van der Waals surface area contributed by atoms with Crippen molar-refractivity contribution in [3.05, 3.63) is 65.7 Å². The first-order valence-electron chi connectivity index (χ1n) is 11.7. The number of carbonyl (C=O) groups is 2. The molecule has 7 heteroatoms. The number of amides is 2. The maximum atomic E-state index is 13.3. The molecule has 168 valence electrons. The number of carbonyl (C=O) groups excluding carboxylic acids is 2. The van der Waals surface area contributed by atoms with Crippen LogP contribution in [0.5, 0.6) is 0 Å². The van der Waals surface area contributed by atoms with Gasteiger partial charge in [0.15, 0.2) is 5.65 Å². The van der Waals surface area contributed by atoms with E-state index >= 15 is 0 Å². The molecule has 7 nitrogen and oxygen atoms in total. The van der Waals surface area contributed by atoms with Crippen molar-refractivity contribution in [2.75, 3.05) is 0 Å². The first-order valence-corrected chi connectivity index (χ1v) is 11.7. The summed E-state index contributed by atoms with van der Waals surface area (Å²) in [5, 5.41) is 7.62. The van der Waals surface area contributed by atoms with E-state index in [-0.39, 0.29) is 22.9 Å². The third-order valence-electron chi connectivity index (χ3n) is 7.64. The summed E-state index contributed by atoms with van der Waals surface area (Å²) in [5.74, 6) is 0.725. The van der Waals surface area contributed by atoms with Crippen molar-refractivity contribution in [3.63, 3.8) is 0 Å². The Bertz CT molecular complexity index is 1260. The molecule has 0 radical (unpaired) electrons. The van der Waals surface area contributed by atoms with Gasteiger partial charge in [0.25, 0.3) is 11.8 Å². The highest BCUT2D eigenvalue weighted by Gasteiger charge is 2.58. The van der Waals surface area contributed by atoms with Crippen LogP contribution >= 0.6 is 0 Å². The minimum atomic E-state index is -0.310. The van der Waals surface area contributed by atoms with Crippen molar-refractivity contribution >= 4 is 22.8 Å². The predicted octanol–water partition coefficient (Wildman–Crippen LogP) is 3.58. The number of hydrogen-bond acceptors (Lipinski definition) is 5. The zero-order chi connectivity index (χ0) is 22.6. The molecule has 0 saturated heterocycles. The largest absolute Gasteiger partial charge is 0.345 e. The molecule has 0 aromatic carbocycles. The molecule has 3 heterocycles. The third kappa shape index (κ3) is 3.65. The monoisotopic (exact) mass is 441 g/mol. The molecule has 7 rings (SSSR count). The van der Waals surface area contributed by atoms with Crippen LogP contribution in [0.1, 0.15) is 65.2 Å². The zero-order valence-corrected chi connectivity index (χ0v) is 18.7. The normalized spacial score (nSPS) is 29.7. The number of nitrogens with zero attached hydrogens (tertiary/aromatic N) is 3. The van der Waals surface area contributed by atoms with Gasteiger partial charge in [0.2, 0.25) is 0 Å². The van der Waals surface area contributed by atoms with Crippen molar-refractivity contribution in [1.82, 2.24) is 25.6 Å². The average molecular weight is 442 g/mol. The van der Waals surface area contributed by atoms with E-state index in [1.165, 1.54) is 6.42 Å². The molecule has 4 aliphatic rings. The number of aryl methyl sites for hydroxylation is 1. The Morgan fingerprint density at radius 1 is 0.848 bits per heavy atom. The zero-order valence-electron chi connectivity index (χ0n) is 18.7. The summed E-state index contributed by atoms with van der Waals surface area (Å²) in [6.45, 7) is 1.89. The van der Waals surface area contributed by atoms with Crippen molar-refractivity contribution < 1.29 is 9.59 Å². The third-order valence-corrected chi connectivity index (χ3v) is 7.64. The SMILES string of the molecule is Cc1cccc(C(=O)NC23CC4CC(C2)CC(NC(=O)c2ccc5cccnc5n2)(C4)C3)n1. The van der Waals surface area contributed by atoms with Crippen molar-refractivity contribution in [2.24, 2.45) is 11.8 Å². The lowest BCUT2D eigenvalue weighted by Gasteiger charge is -2.62.